The van der Waals surface area contributed by atoms with E-state index in [1.165, 1.54) is 0 Å². The molecule has 0 spiro atoms. The first-order chi connectivity index (χ1) is 21.7. The lowest BCUT2D eigenvalue weighted by atomic mass is 10.0. The summed E-state index contributed by atoms with van der Waals surface area (Å²) in [5.41, 5.74) is 1.27. The summed E-state index contributed by atoms with van der Waals surface area (Å²) in [6.45, 7) is 5.34. The van der Waals surface area contributed by atoms with Crippen molar-refractivity contribution in [3.8, 4) is 5.75 Å². The van der Waals surface area contributed by atoms with Gasteiger partial charge in [-0.3, -0.25) is 19.2 Å². The van der Waals surface area contributed by atoms with Crippen molar-refractivity contribution in [3.05, 3.63) is 77.9 Å². The molecule has 4 amide bonds. The summed E-state index contributed by atoms with van der Waals surface area (Å²) >= 11 is 0. The Kier molecular flexibility index (Phi) is 12.4. The molecule has 0 unspecified atom stereocenters. The topological polar surface area (TPSA) is 117 Å². The maximum atomic E-state index is 13.6. The second kappa shape index (κ2) is 16.6. The zero-order chi connectivity index (χ0) is 32.2. The van der Waals surface area contributed by atoms with Crippen LogP contribution in [0.5, 0.6) is 5.75 Å². The number of para-hydroxylation sites is 1. The second-order valence-electron chi connectivity index (χ2n) is 12.2. The van der Waals surface area contributed by atoms with E-state index >= 15 is 0 Å². The lowest BCUT2D eigenvalue weighted by molar-refractivity contribution is -0.136. The number of benzene rings is 3. The van der Waals surface area contributed by atoms with Crippen LogP contribution in [0.25, 0.3) is 10.8 Å². The minimum Gasteiger partial charge on any atom is -0.493 e. The lowest BCUT2D eigenvalue weighted by Crippen LogP contribution is -2.49. The Morgan fingerprint density at radius 1 is 0.933 bits per heavy atom. The molecule has 3 aromatic rings. The average Bonchev–Trinajstić information content (AvgIpc) is 3.03. The quantitative estimate of drug-likeness (QED) is 0.375. The molecular weight excluding hydrogens is 568 g/mol. The van der Waals surface area contributed by atoms with Crippen LogP contribution < -0.4 is 20.7 Å². The highest BCUT2D eigenvalue weighted by atomic mass is 16.5. The van der Waals surface area contributed by atoms with Gasteiger partial charge >= 0.3 is 0 Å². The van der Waals surface area contributed by atoms with Gasteiger partial charge in [-0.25, -0.2) is 0 Å². The van der Waals surface area contributed by atoms with Gasteiger partial charge in [0.15, 0.2) is 0 Å². The molecule has 1 aliphatic heterocycles. The van der Waals surface area contributed by atoms with Gasteiger partial charge in [-0.1, -0.05) is 81.3 Å². The number of ether oxygens (including phenoxy) is 1. The Labute approximate surface area is 266 Å². The highest BCUT2D eigenvalue weighted by Gasteiger charge is 2.27. The number of fused-ring (bicyclic) bond motifs is 2. The minimum atomic E-state index is -0.990. The lowest BCUT2D eigenvalue weighted by Gasteiger charge is -2.26. The fourth-order valence-electron chi connectivity index (χ4n) is 5.63. The molecule has 0 aliphatic carbocycles. The fourth-order valence-corrected chi connectivity index (χ4v) is 5.63. The number of nitrogens with one attached hydrogen (secondary N) is 3. The first-order valence-corrected chi connectivity index (χ1v) is 16.0. The van der Waals surface area contributed by atoms with E-state index in [1.807, 2.05) is 56.3 Å². The van der Waals surface area contributed by atoms with E-state index in [-0.39, 0.29) is 37.1 Å². The van der Waals surface area contributed by atoms with Crippen molar-refractivity contribution in [2.75, 3.05) is 20.2 Å². The molecule has 0 saturated carbocycles. The number of carbonyl (C=O) groups is 4. The SMILES string of the molecule is CC(C)C[C@@H]1NC(=O)CC[C@@H](C(=O)NCc2cccc3ccccc23)NC(=O)c2ccccc2OCCCCCCN(C)C1=O. The van der Waals surface area contributed by atoms with Gasteiger partial charge in [0.25, 0.3) is 5.91 Å². The molecule has 2 atom stereocenters. The highest BCUT2D eigenvalue weighted by Crippen LogP contribution is 2.21. The molecule has 45 heavy (non-hydrogen) atoms. The molecule has 1 aliphatic rings. The second-order valence-corrected chi connectivity index (χ2v) is 12.2. The fraction of sp³-hybridized carbons (Fsp3) is 0.444. The Hall–Kier alpha value is -4.40. The van der Waals surface area contributed by atoms with Crippen molar-refractivity contribution >= 4 is 34.4 Å². The smallest absolute Gasteiger partial charge is 0.255 e. The summed E-state index contributed by atoms with van der Waals surface area (Å²) in [5, 5.41) is 10.8. The largest absolute Gasteiger partial charge is 0.493 e. The number of hydrogen-bond donors (Lipinski definition) is 3. The van der Waals surface area contributed by atoms with E-state index in [0.717, 1.165) is 42.0 Å². The van der Waals surface area contributed by atoms with Crippen molar-refractivity contribution in [1.82, 2.24) is 20.9 Å². The molecule has 1 heterocycles. The molecule has 0 fully saturated rings. The zero-order valence-corrected chi connectivity index (χ0v) is 26.6. The molecule has 0 aromatic heterocycles. The normalized spacial score (nSPS) is 19.4. The molecule has 0 bridgehead atoms. The summed E-state index contributed by atoms with van der Waals surface area (Å²) in [5.74, 6) is -0.674. The van der Waals surface area contributed by atoms with Gasteiger partial charge in [0, 0.05) is 26.6 Å². The van der Waals surface area contributed by atoms with E-state index in [2.05, 4.69) is 16.0 Å². The summed E-state index contributed by atoms with van der Waals surface area (Å²) in [7, 11) is 1.77. The van der Waals surface area contributed by atoms with Crippen LogP contribution in [0.3, 0.4) is 0 Å². The summed E-state index contributed by atoms with van der Waals surface area (Å²) in [6.07, 6.45) is 4.02. The predicted octanol–water partition coefficient (Wildman–Crippen LogP) is 4.98. The molecule has 0 saturated heterocycles. The zero-order valence-electron chi connectivity index (χ0n) is 26.6. The van der Waals surface area contributed by atoms with Crippen LogP contribution >= 0.6 is 0 Å². The summed E-state index contributed by atoms with van der Waals surface area (Å²) in [6, 6.07) is 19.2. The van der Waals surface area contributed by atoms with Crippen molar-refractivity contribution < 1.29 is 23.9 Å². The van der Waals surface area contributed by atoms with Gasteiger partial charge in [-0.15, -0.1) is 0 Å². The minimum absolute atomic E-state index is 0.0453. The Morgan fingerprint density at radius 3 is 2.49 bits per heavy atom. The molecule has 4 rings (SSSR count). The van der Waals surface area contributed by atoms with Gasteiger partial charge in [-0.05, 0) is 60.1 Å². The number of rotatable bonds is 5. The first kappa shape index (κ1) is 33.5. The Balaban J connectivity index is 1.55. The molecule has 9 nitrogen and oxygen atoms in total. The number of carbonyl (C=O) groups excluding carboxylic acids is 4. The van der Waals surface area contributed by atoms with Crippen LogP contribution in [0, 0.1) is 5.92 Å². The number of hydrogen-bond acceptors (Lipinski definition) is 5. The van der Waals surface area contributed by atoms with E-state index in [9.17, 15) is 19.2 Å². The van der Waals surface area contributed by atoms with Gasteiger partial charge < -0.3 is 25.6 Å². The maximum Gasteiger partial charge on any atom is 0.255 e. The third-order valence-electron chi connectivity index (χ3n) is 8.11. The van der Waals surface area contributed by atoms with Crippen molar-refractivity contribution in [3.63, 3.8) is 0 Å². The van der Waals surface area contributed by atoms with Crippen LogP contribution in [0.4, 0.5) is 0 Å². The van der Waals surface area contributed by atoms with Crippen LogP contribution in [-0.4, -0.2) is 60.8 Å². The van der Waals surface area contributed by atoms with E-state index in [1.54, 1.807) is 36.2 Å². The van der Waals surface area contributed by atoms with Crippen molar-refractivity contribution in [2.24, 2.45) is 5.92 Å². The van der Waals surface area contributed by atoms with Gasteiger partial charge in [0.2, 0.25) is 17.7 Å². The van der Waals surface area contributed by atoms with Crippen molar-refractivity contribution in [1.29, 1.82) is 0 Å². The molecular formula is C36H46N4O5. The monoisotopic (exact) mass is 614 g/mol. The molecule has 0 radical (unpaired) electrons. The van der Waals surface area contributed by atoms with E-state index < -0.39 is 23.9 Å². The number of amides is 4. The molecule has 9 heteroatoms. The predicted molar refractivity (Wildman–Crippen MR) is 176 cm³/mol. The molecule has 3 aromatic carbocycles. The Bertz CT molecular complexity index is 1470. The maximum absolute atomic E-state index is 13.6. The first-order valence-electron chi connectivity index (χ1n) is 16.0. The summed E-state index contributed by atoms with van der Waals surface area (Å²) in [4.78, 5) is 55.3. The highest BCUT2D eigenvalue weighted by molar-refractivity contribution is 6.00. The Morgan fingerprint density at radius 2 is 1.67 bits per heavy atom. The van der Waals surface area contributed by atoms with Gasteiger partial charge in [0.05, 0.1) is 12.2 Å². The van der Waals surface area contributed by atoms with Crippen LogP contribution in [-0.2, 0) is 20.9 Å². The van der Waals surface area contributed by atoms with Crippen LogP contribution in [0.1, 0.15) is 74.7 Å². The van der Waals surface area contributed by atoms with Crippen LogP contribution in [0.2, 0.25) is 0 Å². The average molecular weight is 615 g/mol. The summed E-state index contributed by atoms with van der Waals surface area (Å²) < 4.78 is 5.98. The molecule has 240 valence electrons. The standard InChI is InChI=1S/C36H46N4O5/c1-25(2)23-31-36(44)40(3)21-10-4-5-11-22-45-32-18-9-8-17-29(32)34(42)39-30(19-20-33(41)38-31)35(43)37-24-27-15-12-14-26-13-6-7-16-28(26)27/h6-9,12-18,25,30-31H,4-5,10-11,19-24H2,1-3H3,(H,37,43)(H,38,41)(H,39,42)/t30-,31-/m0/s1. The van der Waals surface area contributed by atoms with E-state index in [0.29, 0.717) is 30.9 Å². The number of likely N-dealkylation sites (N-methyl/N-ethyl adjacent to an activating group) is 1. The van der Waals surface area contributed by atoms with Gasteiger partial charge in [-0.2, -0.15) is 0 Å². The third kappa shape index (κ3) is 9.80. The van der Waals surface area contributed by atoms with Gasteiger partial charge in [0.1, 0.15) is 17.8 Å². The number of nitrogens with zero attached hydrogens (tertiary/aromatic N) is 1. The van der Waals surface area contributed by atoms with Crippen LogP contribution in [0.15, 0.2) is 66.7 Å². The van der Waals surface area contributed by atoms with E-state index in [4.69, 9.17) is 4.74 Å². The van der Waals surface area contributed by atoms with Crippen molar-refractivity contribution in [2.45, 2.75) is 77.4 Å². The molecule has 3 N–H and O–H groups in total. The third-order valence-corrected chi connectivity index (χ3v) is 8.11.